The first-order chi connectivity index (χ1) is 12.5. The van der Waals surface area contributed by atoms with Gasteiger partial charge in [0, 0.05) is 19.6 Å². The normalized spacial score (nSPS) is 10.5. The number of benzene rings is 3. The number of carboxylic acids is 2. The molecule has 0 bridgehead atoms. The van der Waals surface area contributed by atoms with Crippen molar-refractivity contribution >= 4 is 35.5 Å². The van der Waals surface area contributed by atoms with Crippen molar-refractivity contribution in [1.82, 2.24) is 0 Å². The highest BCUT2D eigenvalue weighted by atomic mass is 32.2. The van der Waals surface area contributed by atoms with Gasteiger partial charge in [0.1, 0.15) is 0 Å². The number of carboxylic acid groups (broad SMARTS) is 2. The Labute approximate surface area is 158 Å². The van der Waals surface area contributed by atoms with Crippen LogP contribution in [0.3, 0.4) is 0 Å². The maximum absolute atomic E-state index is 11.1. The van der Waals surface area contributed by atoms with Crippen molar-refractivity contribution in [2.24, 2.45) is 0 Å². The monoisotopic (exact) mass is 382 g/mol. The predicted molar refractivity (Wildman–Crippen MR) is 101 cm³/mol. The second-order valence-electron chi connectivity index (χ2n) is 5.34. The summed E-state index contributed by atoms with van der Waals surface area (Å²) < 4.78 is 0. The molecule has 0 aromatic heterocycles. The van der Waals surface area contributed by atoms with Crippen molar-refractivity contribution in [3.63, 3.8) is 0 Å². The van der Waals surface area contributed by atoms with Crippen molar-refractivity contribution in [3.05, 3.63) is 83.9 Å². The van der Waals surface area contributed by atoms with Crippen LogP contribution in [0.1, 0.15) is 20.7 Å². The molecule has 3 rings (SSSR count). The minimum Gasteiger partial charge on any atom is -0.478 e. The highest BCUT2D eigenvalue weighted by Gasteiger charge is 2.07. The summed E-state index contributed by atoms with van der Waals surface area (Å²) in [7, 11) is 0. The molecule has 0 aliphatic rings. The van der Waals surface area contributed by atoms with E-state index in [1.54, 1.807) is 36.4 Å². The SMILES string of the molecule is O=C(O)c1cccc(Sc2cccc(Sc3cccc(C(=O)O)c3)c2)c1. The van der Waals surface area contributed by atoms with Crippen LogP contribution in [0.5, 0.6) is 0 Å². The lowest BCUT2D eigenvalue weighted by Gasteiger charge is -2.07. The third-order valence-corrected chi connectivity index (χ3v) is 5.40. The summed E-state index contributed by atoms with van der Waals surface area (Å²) in [6.45, 7) is 0. The molecule has 4 nitrogen and oxygen atoms in total. The van der Waals surface area contributed by atoms with E-state index >= 15 is 0 Å². The molecule has 3 aromatic rings. The minimum absolute atomic E-state index is 0.256. The molecule has 130 valence electrons. The lowest BCUT2D eigenvalue weighted by atomic mass is 10.2. The van der Waals surface area contributed by atoms with E-state index in [2.05, 4.69) is 0 Å². The van der Waals surface area contributed by atoms with Crippen LogP contribution >= 0.6 is 23.5 Å². The van der Waals surface area contributed by atoms with Gasteiger partial charge in [-0.05, 0) is 54.6 Å². The fourth-order valence-electron chi connectivity index (χ4n) is 2.26. The number of hydrogen-bond donors (Lipinski definition) is 2. The lowest BCUT2D eigenvalue weighted by molar-refractivity contribution is 0.0685. The zero-order valence-corrected chi connectivity index (χ0v) is 15.1. The molecule has 26 heavy (non-hydrogen) atoms. The van der Waals surface area contributed by atoms with Gasteiger partial charge in [-0.2, -0.15) is 0 Å². The van der Waals surface area contributed by atoms with Crippen LogP contribution in [-0.4, -0.2) is 22.2 Å². The standard InChI is InChI=1S/C20H14O4S2/c21-19(22)13-4-1-6-15(10-13)25-17-8-3-9-18(12-17)26-16-7-2-5-14(11-16)20(23)24/h1-12H,(H,21,22)(H,23,24). The van der Waals surface area contributed by atoms with Gasteiger partial charge in [0.15, 0.2) is 0 Å². The number of aromatic carboxylic acids is 2. The van der Waals surface area contributed by atoms with E-state index in [-0.39, 0.29) is 11.1 Å². The van der Waals surface area contributed by atoms with E-state index in [0.29, 0.717) is 0 Å². The third-order valence-electron chi connectivity index (χ3n) is 3.44. The Hall–Kier alpha value is -2.70. The van der Waals surface area contributed by atoms with E-state index in [0.717, 1.165) is 19.6 Å². The van der Waals surface area contributed by atoms with Gasteiger partial charge in [0.05, 0.1) is 11.1 Å². The molecule has 2 N–H and O–H groups in total. The zero-order valence-electron chi connectivity index (χ0n) is 13.5. The van der Waals surface area contributed by atoms with Crippen LogP contribution in [-0.2, 0) is 0 Å². The summed E-state index contributed by atoms with van der Waals surface area (Å²) in [6, 6.07) is 21.4. The van der Waals surface area contributed by atoms with Gasteiger partial charge in [0.25, 0.3) is 0 Å². The first kappa shape index (κ1) is 18.1. The van der Waals surface area contributed by atoms with E-state index in [4.69, 9.17) is 10.2 Å². The molecule has 0 saturated carbocycles. The first-order valence-corrected chi connectivity index (χ1v) is 9.27. The molecule has 0 spiro atoms. The first-order valence-electron chi connectivity index (χ1n) is 7.64. The molecule has 0 fully saturated rings. The number of hydrogen-bond acceptors (Lipinski definition) is 4. The molecule has 0 aliphatic carbocycles. The van der Waals surface area contributed by atoms with Crippen LogP contribution in [0.25, 0.3) is 0 Å². The molecular weight excluding hydrogens is 368 g/mol. The average Bonchev–Trinajstić information content (AvgIpc) is 2.62. The fourth-order valence-corrected chi connectivity index (χ4v) is 4.21. The molecule has 0 amide bonds. The quantitative estimate of drug-likeness (QED) is 0.596. The molecule has 0 radical (unpaired) electrons. The van der Waals surface area contributed by atoms with Crippen LogP contribution in [0.4, 0.5) is 0 Å². The van der Waals surface area contributed by atoms with Gasteiger partial charge in [-0.25, -0.2) is 9.59 Å². The smallest absolute Gasteiger partial charge is 0.335 e. The molecule has 0 heterocycles. The fraction of sp³-hybridized carbons (Fsp3) is 0. The van der Waals surface area contributed by atoms with Crippen LogP contribution in [0.2, 0.25) is 0 Å². The van der Waals surface area contributed by atoms with Gasteiger partial charge in [-0.3, -0.25) is 0 Å². The Balaban J connectivity index is 1.78. The lowest BCUT2D eigenvalue weighted by Crippen LogP contribution is -1.95. The highest BCUT2D eigenvalue weighted by Crippen LogP contribution is 2.34. The predicted octanol–water partition coefficient (Wildman–Crippen LogP) is 5.39. The van der Waals surface area contributed by atoms with Gasteiger partial charge in [0.2, 0.25) is 0 Å². The largest absolute Gasteiger partial charge is 0.478 e. The maximum atomic E-state index is 11.1. The second kappa shape index (κ2) is 8.12. The van der Waals surface area contributed by atoms with Crippen LogP contribution in [0, 0.1) is 0 Å². The van der Waals surface area contributed by atoms with Gasteiger partial charge in [-0.15, -0.1) is 0 Å². The summed E-state index contributed by atoms with van der Waals surface area (Å²) in [5.74, 6) is -1.90. The topological polar surface area (TPSA) is 74.6 Å². The van der Waals surface area contributed by atoms with Crippen molar-refractivity contribution in [2.75, 3.05) is 0 Å². The van der Waals surface area contributed by atoms with Crippen molar-refractivity contribution in [2.45, 2.75) is 19.6 Å². The molecule has 0 saturated heterocycles. The van der Waals surface area contributed by atoms with E-state index in [1.807, 2.05) is 36.4 Å². The van der Waals surface area contributed by atoms with Crippen molar-refractivity contribution in [1.29, 1.82) is 0 Å². The second-order valence-corrected chi connectivity index (χ2v) is 7.64. The molecule has 3 aromatic carbocycles. The number of carbonyl (C=O) groups is 2. The Kier molecular flexibility index (Phi) is 5.65. The minimum atomic E-state index is -0.949. The molecular formula is C20H14O4S2. The molecule has 0 aliphatic heterocycles. The summed E-state index contributed by atoms with van der Waals surface area (Å²) >= 11 is 2.96. The highest BCUT2D eigenvalue weighted by molar-refractivity contribution is 8.00. The molecule has 6 heteroatoms. The zero-order chi connectivity index (χ0) is 18.5. The van der Waals surface area contributed by atoms with Crippen LogP contribution in [0.15, 0.2) is 92.4 Å². The molecule has 0 unspecified atom stereocenters. The summed E-state index contributed by atoms with van der Waals surface area (Å²) in [5, 5.41) is 18.2. The third kappa shape index (κ3) is 4.68. The summed E-state index contributed by atoms with van der Waals surface area (Å²) in [4.78, 5) is 25.8. The van der Waals surface area contributed by atoms with Gasteiger partial charge in [-0.1, -0.05) is 41.7 Å². The number of rotatable bonds is 6. The Morgan fingerprint density at radius 1 is 0.577 bits per heavy atom. The summed E-state index contributed by atoms with van der Waals surface area (Å²) in [5.41, 5.74) is 0.511. The van der Waals surface area contributed by atoms with Gasteiger partial charge < -0.3 is 10.2 Å². The van der Waals surface area contributed by atoms with E-state index in [1.165, 1.54) is 23.5 Å². The average molecular weight is 382 g/mol. The van der Waals surface area contributed by atoms with Crippen molar-refractivity contribution < 1.29 is 19.8 Å². The Morgan fingerprint density at radius 2 is 0.923 bits per heavy atom. The maximum Gasteiger partial charge on any atom is 0.335 e. The Morgan fingerprint density at radius 3 is 1.31 bits per heavy atom. The van der Waals surface area contributed by atoms with Crippen molar-refractivity contribution in [3.8, 4) is 0 Å². The van der Waals surface area contributed by atoms with E-state index < -0.39 is 11.9 Å². The molecule has 0 atom stereocenters. The Bertz CT molecular complexity index is 895. The summed E-state index contributed by atoms with van der Waals surface area (Å²) in [6.07, 6.45) is 0. The van der Waals surface area contributed by atoms with Crippen LogP contribution < -0.4 is 0 Å². The van der Waals surface area contributed by atoms with E-state index in [9.17, 15) is 9.59 Å². The van der Waals surface area contributed by atoms with Gasteiger partial charge >= 0.3 is 11.9 Å².